The van der Waals surface area contributed by atoms with Crippen molar-refractivity contribution in [3.8, 4) is 0 Å². The largest absolute Gasteiger partial charge is 0.386 e. The van der Waals surface area contributed by atoms with Gasteiger partial charge in [-0.3, -0.25) is 4.98 Å². The maximum absolute atomic E-state index is 10.0. The average molecular weight is 345 g/mol. The van der Waals surface area contributed by atoms with Crippen LogP contribution in [0.2, 0.25) is 5.02 Å². The first-order valence-electron chi connectivity index (χ1n) is 5.33. The van der Waals surface area contributed by atoms with Gasteiger partial charge in [0.25, 0.3) is 0 Å². The van der Waals surface area contributed by atoms with E-state index in [-0.39, 0.29) is 0 Å². The van der Waals surface area contributed by atoms with Crippen LogP contribution < -0.4 is 0 Å². The van der Waals surface area contributed by atoms with Gasteiger partial charge in [-0.05, 0) is 40.2 Å². The fraction of sp³-hybridized carbons (Fsp3) is 0.154. The number of aliphatic hydroxyl groups is 1. The van der Waals surface area contributed by atoms with Crippen LogP contribution in [0.1, 0.15) is 11.8 Å². The summed E-state index contributed by atoms with van der Waals surface area (Å²) >= 11 is 10.9. The molecule has 1 heterocycles. The number of thioether (sulfide) groups is 1. The van der Waals surface area contributed by atoms with Gasteiger partial charge >= 0.3 is 0 Å². The summed E-state index contributed by atoms with van der Waals surface area (Å²) in [6, 6.07) is 11.3. The number of rotatable bonds is 4. The van der Waals surface area contributed by atoms with E-state index in [0.29, 0.717) is 16.5 Å². The first-order chi connectivity index (χ1) is 8.66. The molecule has 5 heteroatoms. The summed E-state index contributed by atoms with van der Waals surface area (Å²) in [5.41, 5.74) is 0.665. The Morgan fingerprint density at radius 3 is 2.72 bits per heavy atom. The molecule has 0 saturated heterocycles. The van der Waals surface area contributed by atoms with E-state index < -0.39 is 6.10 Å². The Kier molecular flexibility index (Phi) is 5.06. The number of hydrogen-bond acceptors (Lipinski definition) is 3. The van der Waals surface area contributed by atoms with Crippen LogP contribution in [0, 0.1) is 0 Å². The Balaban J connectivity index is 1.98. The van der Waals surface area contributed by atoms with Crippen molar-refractivity contribution < 1.29 is 5.11 Å². The third kappa shape index (κ3) is 3.72. The Morgan fingerprint density at radius 1 is 1.28 bits per heavy atom. The monoisotopic (exact) mass is 343 g/mol. The molecular formula is C13H11BrClNOS. The summed E-state index contributed by atoms with van der Waals surface area (Å²) in [7, 11) is 0. The number of nitrogens with zero attached hydrogens (tertiary/aromatic N) is 1. The lowest BCUT2D eigenvalue weighted by atomic mass is 10.2. The molecule has 1 N–H and O–H groups in total. The van der Waals surface area contributed by atoms with E-state index >= 15 is 0 Å². The molecule has 0 aliphatic heterocycles. The molecule has 0 radical (unpaired) electrons. The highest BCUT2D eigenvalue weighted by atomic mass is 79.9. The molecule has 1 aromatic carbocycles. The second-order valence-electron chi connectivity index (χ2n) is 3.66. The molecule has 1 unspecified atom stereocenters. The van der Waals surface area contributed by atoms with Crippen molar-refractivity contribution in [2.24, 2.45) is 0 Å². The van der Waals surface area contributed by atoms with Gasteiger partial charge in [-0.1, -0.05) is 23.7 Å². The molecule has 0 aliphatic rings. The molecule has 2 rings (SSSR count). The Bertz CT molecular complexity index is 521. The zero-order valence-electron chi connectivity index (χ0n) is 9.38. The van der Waals surface area contributed by atoms with Crippen LogP contribution in [0.4, 0.5) is 0 Å². The molecule has 94 valence electrons. The second kappa shape index (κ2) is 6.57. The quantitative estimate of drug-likeness (QED) is 0.838. The van der Waals surface area contributed by atoms with Gasteiger partial charge in [0.05, 0.1) is 10.7 Å². The summed E-state index contributed by atoms with van der Waals surface area (Å²) in [4.78, 5) is 5.14. The van der Waals surface area contributed by atoms with Crippen molar-refractivity contribution in [2.75, 3.05) is 5.75 Å². The zero-order valence-corrected chi connectivity index (χ0v) is 12.5. The van der Waals surface area contributed by atoms with Crippen LogP contribution in [-0.4, -0.2) is 15.8 Å². The molecule has 0 fully saturated rings. The van der Waals surface area contributed by atoms with Crippen LogP contribution in [-0.2, 0) is 0 Å². The van der Waals surface area contributed by atoms with Gasteiger partial charge in [0, 0.05) is 21.3 Å². The molecule has 0 spiro atoms. The number of pyridine rings is 1. The van der Waals surface area contributed by atoms with Crippen molar-refractivity contribution in [3.63, 3.8) is 0 Å². The minimum Gasteiger partial charge on any atom is -0.386 e. The predicted molar refractivity (Wildman–Crippen MR) is 79.1 cm³/mol. The number of hydrogen-bond donors (Lipinski definition) is 1. The normalized spacial score (nSPS) is 12.4. The smallest absolute Gasteiger partial charge is 0.105 e. The molecule has 0 bridgehead atoms. The molecular weight excluding hydrogens is 334 g/mol. The van der Waals surface area contributed by atoms with E-state index in [1.54, 1.807) is 6.20 Å². The molecule has 0 aliphatic carbocycles. The van der Waals surface area contributed by atoms with E-state index in [1.807, 2.05) is 36.4 Å². The molecule has 18 heavy (non-hydrogen) atoms. The molecule has 2 aromatic rings. The summed E-state index contributed by atoms with van der Waals surface area (Å²) < 4.78 is 0.900. The maximum Gasteiger partial charge on any atom is 0.105 e. The van der Waals surface area contributed by atoms with E-state index in [0.717, 1.165) is 9.37 Å². The summed E-state index contributed by atoms with van der Waals surface area (Å²) in [6.07, 6.45) is 1.08. The first-order valence-corrected chi connectivity index (χ1v) is 7.49. The maximum atomic E-state index is 10.0. The standard InChI is InChI=1S/C13H11BrClNOS/c14-9-5-6-11(16-7-9)12(17)8-18-13-4-2-1-3-10(13)15/h1-7,12,17H,8H2. The summed E-state index contributed by atoms with van der Waals surface area (Å²) in [6.45, 7) is 0. The number of aliphatic hydroxyl groups excluding tert-OH is 1. The highest BCUT2D eigenvalue weighted by Crippen LogP contribution is 2.29. The lowest BCUT2D eigenvalue weighted by Crippen LogP contribution is -2.02. The number of aromatic nitrogens is 1. The molecule has 0 amide bonds. The highest BCUT2D eigenvalue weighted by Gasteiger charge is 2.10. The lowest BCUT2D eigenvalue weighted by Gasteiger charge is -2.10. The van der Waals surface area contributed by atoms with E-state index in [9.17, 15) is 5.11 Å². The van der Waals surface area contributed by atoms with E-state index in [4.69, 9.17) is 11.6 Å². The van der Waals surface area contributed by atoms with Crippen LogP contribution >= 0.6 is 39.3 Å². The predicted octanol–water partition coefficient (Wildman–Crippen LogP) is 4.32. The molecule has 0 saturated carbocycles. The van der Waals surface area contributed by atoms with Crippen molar-refractivity contribution >= 4 is 39.3 Å². The van der Waals surface area contributed by atoms with Gasteiger partial charge < -0.3 is 5.11 Å². The fourth-order valence-electron chi connectivity index (χ4n) is 1.40. The van der Waals surface area contributed by atoms with Crippen molar-refractivity contribution in [1.82, 2.24) is 4.98 Å². The first kappa shape index (κ1) is 13.9. The average Bonchev–Trinajstić information content (AvgIpc) is 2.38. The molecule has 2 nitrogen and oxygen atoms in total. The number of halogens is 2. The van der Waals surface area contributed by atoms with Crippen LogP contribution in [0.15, 0.2) is 52.0 Å². The number of benzene rings is 1. The minimum atomic E-state index is -0.598. The van der Waals surface area contributed by atoms with Crippen LogP contribution in [0.25, 0.3) is 0 Å². The highest BCUT2D eigenvalue weighted by molar-refractivity contribution is 9.10. The van der Waals surface area contributed by atoms with Crippen molar-refractivity contribution in [2.45, 2.75) is 11.0 Å². The summed E-state index contributed by atoms with van der Waals surface area (Å²) in [5.74, 6) is 0.526. The van der Waals surface area contributed by atoms with Gasteiger partial charge in [-0.25, -0.2) is 0 Å². The lowest BCUT2D eigenvalue weighted by molar-refractivity contribution is 0.199. The molecule has 1 atom stereocenters. The van der Waals surface area contributed by atoms with Gasteiger partial charge in [0.15, 0.2) is 0 Å². The van der Waals surface area contributed by atoms with Crippen LogP contribution in [0.3, 0.4) is 0 Å². The second-order valence-corrected chi connectivity index (χ2v) is 6.04. The van der Waals surface area contributed by atoms with Crippen molar-refractivity contribution in [1.29, 1.82) is 0 Å². The van der Waals surface area contributed by atoms with Crippen molar-refractivity contribution in [3.05, 3.63) is 57.8 Å². The third-order valence-corrected chi connectivity index (χ3v) is 4.39. The Hall–Kier alpha value is -0.550. The Labute approximate surface area is 124 Å². The van der Waals surface area contributed by atoms with Gasteiger partial charge in [-0.15, -0.1) is 11.8 Å². The Morgan fingerprint density at radius 2 is 2.06 bits per heavy atom. The van der Waals surface area contributed by atoms with E-state index in [2.05, 4.69) is 20.9 Å². The molecule has 1 aromatic heterocycles. The minimum absolute atomic E-state index is 0.526. The summed E-state index contributed by atoms with van der Waals surface area (Å²) in [5, 5.41) is 10.7. The van der Waals surface area contributed by atoms with Crippen LogP contribution in [0.5, 0.6) is 0 Å². The van der Waals surface area contributed by atoms with Gasteiger partial charge in [0.1, 0.15) is 6.10 Å². The topological polar surface area (TPSA) is 33.1 Å². The van der Waals surface area contributed by atoms with Gasteiger partial charge in [0.2, 0.25) is 0 Å². The SMILES string of the molecule is OC(CSc1ccccc1Cl)c1ccc(Br)cn1. The fourth-order valence-corrected chi connectivity index (χ4v) is 2.82. The zero-order chi connectivity index (χ0) is 13.0. The van der Waals surface area contributed by atoms with Gasteiger partial charge in [-0.2, -0.15) is 0 Å². The third-order valence-electron chi connectivity index (χ3n) is 2.33. The van der Waals surface area contributed by atoms with E-state index in [1.165, 1.54) is 11.8 Å².